The van der Waals surface area contributed by atoms with Gasteiger partial charge in [0.15, 0.2) is 4.90 Å². The number of nitro groups is 1. The van der Waals surface area contributed by atoms with Crippen LogP contribution in [-0.4, -0.2) is 60.9 Å². The van der Waals surface area contributed by atoms with Gasteiger partial charge >= 0.3 is 0 Å². The summed E-state index contributed by atoms with van der Waals surface area (Å²) in [5, 5.41) is 11.9. The molecule has 0 aliphatic carbocycles. The number of sulfonamides is 1. The lowest BCUT2D eigenvalue weighted by molar-refractivity contribution is -0.387. The summed E-state index contributed by atoms with van der Waals surface area (Å²) in [6.07, 6.45) is 3.81. The number of hydrogen-bond acceptors (Lipinski definition) is 6. The maximum absolute atomic E-state index is 14.1. The van der Waals surface area contributed by atoms with Gasteiger partial charge in [0.2, 0.25) is 10.0 Å². The molecule has 0 radical (unpaired) electrons. The first kappa shape index (κ1) is 34.0. The third kappa shape index (κ3) is 6.34. The van der Waals surface area contributed by atoms with Crippen molar-refractivity contribution in [3.05, 3.63) is 189 Å². The van der Waals surface area contributed by atoms with Crippen LogP contribution in [0.4, 0.5) is 5.69 Å². The van der Waals surface area contributed by atoms with Crippen LogP contribution in [-0.2, 0) is 20.4 Å². The van der Waals surface area contributed by atoms with E-state index in [4.69, 9.17) is 4.74 Å². The predicted molar refractivity (Wildman–Crippen MR) is 197 cm³/mol. The molecule has 1 saturated heterocycles. The topological polar surface area (TPSA) is 93.0 Å². The number of nitro benzene ring substituents is 1. The molecule has 0 N–H and O–H groups in total. The zero-order chi connectivity index (χ0) is 34.7. The fourth-order valence-electron chi connectivity index (χ4n) is 7.44. The normalized spacial score (nSPS) is 20.5. The van der Waals surface area contributed by atoms with Gasteiger partial charge in [-0.15, -0.1) is 0 Å². The van der Waals surface area contributed by atoms with Crippen molar-refractivity contribution in [2.45, 2.75) is 28.5 Å². The van der Waals surface area contributed by atoms with Gasteiger partial charge < -0.3 is 4.74 Å². The summed E-state index contributed by atoms with van der Waals surface area (Å²) in [5.41, 5.74) is 2.73. The number of fused-ring (bicyclic) bond motifs is 1. The van der Waals surface area contributed by atoms with Crippen molar-refractivity contribution >= 4 is 31.6 Å². The van der Waals surface area contributed by atoms with E-state index in [1.54, 1.807) is 0 Å². The SMILES string of the molecule is O=[N+]([O-])c1ccccc1S(=O)(=O)N1C/C=C\CN2[C@H](COC(c3ccccc3)(c3ccccc3)c3ccccc3)[C@@H](c3ccc(Br)cc3)[C@@H]2C1. The lowest BCUT2D eigenvalue weighted by Gasteiger charge is -2.57. The Hall–Kier alpha value is -4.45. The number of hydrogen-bond donors (Lipinski definition) is 0. The van der Waals surface area contributed by atoms with Crippen LogP contribution in [0.3, 0.4) is 0 Å². The van der Waals surface area contributed by atoms with Crippen molar-refractivity contribution in [3.8, 4) is 0 Å². The first-order valence-corrected chi connectivity index (χ1v) is 18.7. The maximum Gasteiger partial charge on any atom is 0.289 e. The summed E-state index contributed by atoms with van der Waals surface area (Å²) >= 11 is 3.57. The standard InChI is InChI=1S/C40H36BrN3O5S/c41-34-24-22-30(23-25-34)39-36-28-42(50(47,48)38-21-11-10-20-35(38)44(45)46)26-12-13-27-43(36)37(39)29-49-40(31-14-4-1-5-15-31,32-16-6-2-7-17-32)33-18-8-3-9-19-33/h1-25,36-37,39H,26-29H2/b13-12-/t36-,37+,39-/m0/s1. The molecule has 5 aromatic carbocycles. The fourth-order valence-corrected chi connectivity index (χ4v) is 9.27. The van der Waals surface area contributed by atoms with Gasteiger partial charge in [0.1, 0.15) is 5.60 Å². The Kier molecular flexibility index (Phi) is 9.81. The summed E-state index contributed by atoms with van der Waals surface area (Å²) in [7, 11) is -4.20. The summed E-state index contributed by atoms with van der Waals surface area (Å²) in [6.45, 7) is 1.24. The Labute approximate surface area is 301 Å². The molecule has 0 amide bonds. The van der Waals surface area contributed by atoms with Crippen molar-refractivity contribution in [2.75, 3.05) is 26.2 Å². The molecule has 2 aliphatic rings. The number of rotatable bonds is 10. The molecule has 8 nitrogen and oxygen atoms in total. The highest BCUT2D eigenvalue weighted by Gasteiger charge is 2.52. The molecule has 2 aliphatic heterocycles. The maximum atomic E-state index is 14.1. The molecule has 0 spiro atoms. The molecule has 0 bridgehead atoms. The second-order valence-corrected chi connectivity index (χ2v) is 15.3. The van der Waals surface area contributed by atoms with Crippen LogP contribution in [0.25, 0.3) is 0 Å². The molecule has 254 valence electrons. The molecule has 0 saturated carbocycles. The van der Waals surface area contributed by atoms with E-state index >= 15 is 0 Å². The number of para-hydroxylation sites is 1. The third-order valence-electron chi connectivity index (χ3n) is 9.81. The molecule has 10 heteroatoms. The van der Waals surface area contributed by atoms with Crippen molar-refractivity contribution in [3.63, 3.8) is 0 Å². The first-order valence-electron chi connectivity index (χ1n) is 16.5. The lowest BCUT2D eigenvalue weighted by atomic mass is 9.74. The molecular formula is C40H36BrN3O5S. The largest absolute Gasteiger partial charge is 0.359 e. The van der Waals surface area contributed by atoms with Gasteiger partial charge in [0, 0.05) is 48.2 Å². The molecule has 0 aromatic heterocycles. The summed E-state index contributed by atoms with van der Waals surface area (Å²) < 4.78 is 37.8. The number of nitrogens with zero attached hydrogens (tertiary/aromatic N) is 3. The van der Waals surface area contributed by atoms with E-state index in [0.29, 0.717) is 13.2 Å². The zero-order valence-electron chi connectivity index (χ0n) is 27.2. The lowest BCUT2D eigenvalue weighted by Crippen LogP contribution is -2.68. The average Bonchev–Trinajstić information content (AvgIpc) is 3.14. The van der Waals surface area contributed by atoms with Crippen LogP contribution in [0.2, 0.25) is 0 Å². The van der Waals surface area contributed by atoms with Gasteiger partial charge in [-0.05, 0) is 40.5 Å². The van der Waals surface area contributed by atoms with E-state index in [2.05, 4.69) is 69.4 Å². The quantitative estimate of drug-likeness (QED) is 0.0628. The number of benzene rings is 5. The number of halogens is 1. The van der Waals surface area contributed by atoms with Gasteiger partial charge in [-0.1, -0.05) is 143 Å². The Morgan fingerprint density at radius 1 is 0.740 bits per heavy atom. The van der Waals surface area contributed by atoms with E-state index in [0.717, 1.165) is 26.7 Å². The molecule has 3 atom stereocenters. The second-order valence-electron chi connectivity index (χ2n) is 12.5. The molecule has 5 aromatic rings. The van der Waals surface area contributed by atoms with Crippen LogP contribution in [0.1, 0.15) is 28.2 Å². The van der Waals surface area contributed by atoms with Crippen molar-refractivity contribution in [2.24, 2.45) is 0 Å². The van der Waals surface area contributed by atoms with Gasteiger partial charge in [0.05, 0.1) is 11.5 Å². The van der Waals surface area contributed by atoms with E-state index in [1.165, 1.54) is 28.6 Å². The van der Waals surface area contributed by atoms with Gasteiger partial charge in [-0.2, -0.15) is 4.31 Å². The minimum absolute atomic E-state index is 0.0851. The number of ether oxygens (including phenoxy) is 1. The highest BCUT2D eigenvalue weighted by atomic mass is 79.9. The van der Waals surface area contributed by atoms with Crippen LogP contribution >= 0.6 is 15.9 Å². The first-order chi connectivity index (χ1) is 24.3. The summed E-state index contributed by atoms with van der Waals surface area (Å²) in [6, 6.07) is 44.1. The van der Waals surface area contributed by atoms with E-state index in [9.17, 15) is 18.5 Å². The van der Waals surface area contributed by atoms with Crippen molar-refractivity contribution in [1.29, 1.82) is 0 Å². The Bertz CT molecular complexity index is 1980. The zero-order valence-corrected chi connectivity index (χ0v) is 29.6. The fraction of sp³-hybridized carbons (Fsp3) is 0.200. The van der Waals surface area contributed by atoms with Gasteiger partial charge in [0.25, 0.3) is 5.69 Å². The Balaban J connectivity index is 1.28. The van der Waals surface area contributed by atoms with Crippen LogP contribution in [0, 0.1) is 10.1 Å². The molecule has 0 unspecified atom stereocenters. The highest BCUT2D eigenvalue weighted by Crippen LogP contribution is 2.46. The predicted octanol–water partition coefficient (Wildman–Crippen LogP) is 7.76. The average molecular weight is 751 g/mol. The summed E-state index contributed by atoms with van der Waals surface area (Å²) in [4.78, 5) is 13.2. The molecular weight excluding hydrogens is 714 g/mol. The van der Waals surface area contributed by atoms with Crippen LogP contribution in [0.5, 0.6) is 0 Å². The highest BCUT2D eigenvalue weighted by molar-refractivity contribution is 9.10. The van der Waals surface area contributed by atoms with Gasteiger partial charge in [-0.25, -0.2) is 8.42 Å². The van der Waals surface area contributed by atoms with E-state index < -0.39 is 26.2 Å². The minimum atomic E-state index is -4.20. The smallest absolute Gasteiger partial charge is 0.289 e. The molecule has 1 fully saturated rings. The van der Waals surface area contributed by atoms with Crippen molar-refractivity contribution < 1.29 is 18.1 Å². The Morgan fingerprint density at radius 3 is 1.82 bits per heavy atom. The third-order valence-corrected chi connectivity index (χ3v) is 12.2. The van der Waals surface area contributed by atoms with Crippen LogP contribution < -0.4 is 0 Å². The monoisotopic (exact) mass is 749 g/mol. The minimum Gasteiger partial charge on any atom is -0.359 e. The Morgan fingerprint density at radius 2 is 1.26 bits per heavy atom. The van der Waals surface area contributed by atoms with Crippen LogP contribution in [0.15, 0.2) is 161 Å². The van der Waals surface area contributed by atoms with Gasteiger partial charge in [-0.3, -0.25) is 15.0 Å². The second kappa shape index (κ2) is 14.4. The van der Waals surface area contributed by atoms with Crippen molar-refractivity contribution in [1.82, 2.24) is 9.21 Å². The summed E-state index contributed by atoms with van der Waals surface area (Å²) in [5.74, 6) is -0.0851. The molecule has 50 heavy (non-hydrogen) atoms. The van der Waals surface area contributed by atoms with E-state index in [-0.39, 0.29) is 36.0 Å². The molecule has 7 rings (SSSR count). The van der Waals surface area contributed by atoms with E-state index in [1.807, 2.05) is 78.9 Å². The molecule has 2 heterocycles.